The lowest BCUT2D eigenvalue weighted by Gasteiger charge is -2.20. The number of ether oxygens (including phenoxy) is 1. The maximum atomic E-state index is 14.1. The Bertz CT molecular complexity index is 950. The SMILES string of the molecule is CCN(C(=O)c1cc2c(s1)-c1ccccc1OC2)c1ccccc1F. The van der Waals surface area contributed by atoms with Gasteiger partial charge >= 0.3 is 0 Å². The van der Waals surface area contributed by atoms with Gasteiger partial charge in [-0.3, -0.25) is 4.79 Å². The molecule has 0 radical (unpaired) electrons. The molecular weight excluding hydrogens is 337 g/mol. The molecule has 1 amide bonds. The number of nitrogens with zero attached hydrogens (tertiary/aromatic N) is 1. The predicted octanol–water partition coefficient (Wildman–Crippen LogP) is 5.11. The molecule has 0 fully saturated rings. The van der Waals surface area contributed by atoms with E-state index in [1.165, 1.54) is 22.3 Å². The smallest absolute Gasteiger partial charge is 0.268 e. The standard InChI is InChI=1S/C20H16FNO2S/c1-2-22(16-9-5-4-8-15(16)21)20(23)18-11-13-12-24-17-10-6-3-7-14(17)19(13)25-18/h3-11H,2,12H2,1H3. The number of amides is 1. The van der Waals surface area contributed by atoms with Crippen LogP contribution in [0.15, 0.2) is 54.6 Å². The summed E-state index contributed by atoms with van der Waals surface area (Å²) < 4.78 is 19.9. The second-order valence-electron chi connectivity index (χ2n) is 5.75. The van der Waals surface area contributed by atoms with Crippen molar-refractivity contribution in [1.29, 1.82) is 0 Å². The van der Waals surface area contributed by atoms with Gasteiger partial charge in [0, 0.05) is 22.5 Å². The first-order valence-corrected chi connectivity index (χ1v) is 8.92. The van der Waals surface area contributed by atoms with E-state index in [2.05, 4.69) is 0 Å². The molecule has 3 nitrogen and oxygen atoms in total. The van der Waals surface area contributed by atoms with Crippen molar-refractivity contribution in [3.63, 3.8) is 0 Å². The largest absolute Gasteiger partial charge is 0.488 e. The number of hydrogen-bond donors (Lipinski definition) is 0. The minimum atomic E-state index is -0.396. The highest BCUT2D eigenvalue weighted by Gasteiger charge is 2.25. The molecule has 25 heavy (non-hydrogen) atoms. The molecule has 0 bridgehead atoms. The number of halogens is 1. The Labute approximate surface area is 149 Å². The van der Waals surface area contributed by atoms with E-state index in [0.29, 0.717) is 23.7 Å². The molecule has 0 N–H and O–H groups in total. The highest BCUT2D eigenvalue weighted by molar-refractivity contribution is 7.17. The third-order valence-electron chi connectivity index (χ3n) is 4.24. The normalized spacial score (nSPS) is 12.1. The maximum Gasteiger partial charge on any atom is 0.268 e. The monoisotopic (exact) mass is 353 g/mol. The summed E-state index contributed by atoms with van der Waals surface area (Å²) in [6.07, 6.45) is 0. The van der Waals surface area contributed by atoms with Crippen LogP contribution in [0.2, 0.25) is 0 Å². The van der Waals surface area contributed by atoms with E-state index in [0.717, 1.165) is 21.8 Å². The second-order valence-corrected chi connectivity index (χ2v) is 6.80. The van der Waals surface area contributed by atoms with E-state index in [1.54, 1.807) is 18.2 Å². The third kappa shape index (κ3) is 2.70. The molecule has 0 saturated heterocycles. The van der Waals surface area contributed by atoms with Crippen LogP contribution < -0.4 is 9.64 Å². The van der Waals surface area contributed by atoms with Crippen LogP contribution >= 0.6 is 11.3 Å². The van der Waals surface area contributed by atoms with E-state index < -0.39 is 5.82 Å². The van der Waals surface area contributed by atoms with Crippen LogP contribution in [0.25, 0.3) is 10.4 Å². The zero-order valence-corrected chi connectivity index (χ0v) is 14.5. The van der Waals surface area contributed by atoms with Crippen molar-refractivity contribution in [2.24, 2.45) is 0 Å². The highest BCUT2D eigenvalue weighted by atomic mass is 32.1. The molecule has 1 aliphatic heterocycles. The van der Waals surface area contributed by atoms with E-state index in [4.69, 9.17) is 4.74 Å². The minimum Gasteiger partial charge on any atom is -0.488 e. The number of para-hydroxylation sites is 2. The minimum absolute atomic E-state index is 0.190. The van der Waals surface area contributed by atoms with E-state index in [1.807, 2.05) is 37.3 Å². The summed E-state index contributed by atoms with van der Waals surface area (Å²) in [7, 11) is 0. The summed E-state index contributed by atoms with van der Waals surface area (Å²) in [4.78, 5) is 16.1. The van der Waals surface area contributed by atoms with E-state index in [-0.39, 0.29) is 5.91 Å². The number of benzene rings is 2. The van der Waals surface area contributed by atoms with Crippen molar-refractivity contribution in [3.8, 4) is 16.2 Å². The molecule has 0 unspecified atom stereocenters. The summed E-state index contributed by atoms with van der Waals surface area (Å²) >= 11 is 1.44. The first kappa shape index (κ1) is 15.8. The maximum absolute atomic E-state index is 14.1. The molecule has 4 rings (SSSR count). The van der Waals surface area contributed by atoms with Gasteiger partial charge in [0.1, 0.15) is 18.2 Å². The van der Waals surface area contributed by atoms with Crippen LogP contribution in [0.3, 0.4) is 0 Å². The average molecular weight is 353 g/mol. The molecule has 0 aliphatic carbocycles. The number of fused-ring (bicyclic) bond motifs is 3. The summed E-state index contributed by atoms with van der Waals surface area (Å²) in [5.74, 6) is 0.245. The summed E-state index contributed by atoms with van der Waals surface area (Å²) in [6, 6.07) is 16.0. The Morgan fingerprint density at radius 2 is 1.96 bits per heavy atom. The fourth-order valence-electron chi connectivity index (χ4n) is 3.03. The van der Waals surface area contributed by atoms with Crippen LogP contribution in [0, 0.1) is 5.82 Å². The lowest BCUT2D eigenvalue weighted by atomic mass is 10.1. The molecule has 0 saturated carbocycles. The molecule has 0 spiro atoms. The first-order valence-electron chi connectivity index (χ1n) is 8.10. The molecular formula is C20H16FNO2S. The molecule has 2 aromatic carbocycles. The van der Waals surface area contributed by atoms with Crippen LogP contribution in [-0.4, -0.2) is 12.5 Å². The Hall–Kier alpha value is -2.66. The predicted molar refractivity (Wildman–Crippen MR) is 97.8 cm³/mol. The van der Waals surface area contributed by atoms with Gasteiger partial charge in [-0.1, -0.05) is 24.3 Å². The van der Waals surface area contributed by atoms with Crippen LogP contribution in [0.1, 0.15) is 22.2 Å². The van der Waals surface area contributed by atoms with Gasteiger partial charge < -0.3 is 9.64 Å². The quantitative estimate of drug-likeness (QED) is 0.654. The van der Waals surface area contributed by atoms with Crippen LogP contribution in [0.4, 0.5) is 10.1 Å². The van der Waals surface area contributed by atoms with Gasteiger partial charge in [-0.15, -0.1) is 11.3 Å². The zero-order valence-electron chi connectivity index (χ0n) is 13.7. The molecule has 5 heteroatoms. The highest BCUT2D eigenvalue weighted by Crippen LogP contribution is 2.42. The second kappa shape index (κ2) is 6.33. The summed E-state index contributed by atoms with van der Waals surface area (Å²) in [6.45, 7) is 2.69. The van der Waals surface area contributed by atoms with Crippen molar-refractivity contribution in [3.05, 3.63) is 70.9 Å². The van der Waals surface area contributed by atoms with E-state index in [9.17, 15) is 9.18 Å². The Morgan fingerprint density at radius 3 is 2.76 bits per heavy atom. The molecule has 1 aromatic heterocycles. The Balaban J connectivity index is 1.73. The molecule has 3 aromatic rings. The number of anilines is 1. The number of rotatable bonds is 3. The Kier molecular flexibility index (Phi) is 4.01. The lowest BCUT2D eigenvalue weighted by molar-refractivity contribution is 0.0991. The van der Waals surface area contributed by atoms with Crippen molar-refractivity contribution in [1.82, 2.24) is 0 Å². The number of carbonyl (C=O) groups excluding carboxylic acids is 1. The average Bonchev–Trinajstić information content (AvgIpc) is 3.08. The van der Waals surface area contributed by atoms with Crippen molar-refractivity contribution in [2.75, 3.05) is 11.4 Å². The Morgan fingerprint density at radius 1 is 1.20 bits per heavy atom. The van der Waals surface area contributed by atoms with Gasteiger partial charge in [-0.05, 0) is 37.3 Å². The van der Waals surface area contributed by atoms with E-state index >= 15 is 0 Å². The van der Waals surface area contributed by atoms with Gasteiger partial charge in [-0.2, -0.15) is 0 Å². The topological polar surface area (TPSA) is 29.5 Å². The van der Waals surface area contributed by atoms with Gasteiger partial charge in [0.15, 0.2) is 0 Å². The number of carbonyl (C=O) groups is 1. The van der Waals surface area contributed by atoms with Crippen LogP contribution in [0.5, 0.6) is 5.75 Å². The van der Waals surface area contributed by atoms with Crippen molar-refractivity contribution < 1.29 is 13.9 Å². The number of thiophene rings is 1. The molecule has 1 aliphatic rings. The zero-order chi connectivity index (χ0) is 17.4. The first-order chi connectivity index (χ1) is 12.2. The fraction of sp³-hybridized carbons (Fsp3) is 0.150. The van der Waals surface area contributed by atoms with Gasteiger partial charge in [-0.25, -0.2) is 4.39 Å². The van der Waals surface area contributed by atoms with Gasteiger partial charge in [0.05, 0.1) is 10.6 Å². The molecule has 126 valence electrons. The number of hydrogen-bond acceptors (Lipinski definition) is 3. The van der Waals surface area contributed by atoms with Gasteiger partial charge in [0.2, 0.25) is 0 Å². The molecule has 0 atom stereocenters. The summed E-state index contributed by atoms with van der Waals surface area (Å²) in [5, 5.41) is 0. The van der Waals surface area contributed by atoms with Crippen molar-refractivity contribution >= 4 is 22.9 Å². The summed E-state index contributed by atoms with van der Waals surface area (Å²) in [5.41, 5.74) is 2.30. The molecule has 2 heterocycles. The fourth-order valence-corrected chi connectivity index (χ4v) is 4.18. The van der Waals surface area contributed by atoms with Crippen LogP contribution in [-0.2, 0) is 6.61 Å². The lowest BCUT2D eigenvalue weighted by Crippen LogP contribution is -2.30. The third-order valence-corrected chi connectivity index (χ3v) is 5.44. The van der Waals surface area contributed by atoms with Gasteiger partial charge in [0.25, 0.3) is 5.91 Å². The van der Waals surface area contributed by atoms with Crippen molar-refractivity contribution in [2.45, 2.75) is 13.5 Å².